The van der Waals surface area contributed by atoms with Crippen LogP contribution in [0.3, 0.4) is 0 Å². The molecule has 1 fully saturated rings. The van der Waals surface area contributed by atoms with Crippen molar-refractivity contribution in [3.8, 4) is 11.8 Å². The smallest absolute Gasteiger partial charge is 0.122 e. The summed E-state index contributed by atoms with van der Waals surface area (Å²) in [6, 6.07) is 4.46. The Hall–Kier alpha value is -1.69. The molecule has 0 aromatic heterocycles. The van der Waals surface area contributed by atoms with Gasteiger partial charge >= 0.3 is 0 Å². The number of hydrogen-bond donors (Lipinski definition) is 1. The number of methoxy groups -OCH3 is 1. The Morgan fingerprint density at radius 3 is 2.50 bits per heavy atom. The van der Waals surface area contributed by atoms with E-state index in [2.05, 4.69) is 38.2 Å². The van der Waals surface area contributed by atoms with E-state index in [4.69, 9.17) is 10.00 Å². The number of nitriles is 1. The molecule has 0 aliphatic heterocycles. The van der Waals surface area contributed by atoms with Crippen molar-refractivity contribution in [2.24, 2.45) is 5.41 Å². The van der Waals surface area contributed by atoms with Gasteiger partial charge in [0.25, 0.3) is 0 Å². The van der Waals surface area contributed by atoms with Crippen molar-refractivity contribution < 1.29 is 4.74 Å². The lowest BCUT2D eigenvalue weighted by molar-refractivity contribution is 0.411. The summed E-state index contributed by atoms with van der Waals surface area (Å²) in [6.45, 7) is 6.98. The molecule has 3 heteroatoms. The van der Waals surface area contributed by atoms with Crippen molar-refractivity contribution >= 4 is 5.69 Å². The molecule has 1 aromatic carbocycles. The van der Waals surface area contributed by atoms with Gasteiger partial charge in [0.2, 0.25) is 0 Å². The van der Waals surface area contributed by atoms with E-state index < -0.39 is 0 Å². The minimum atomic E-state index is -0.118. The number of benzene rings is 1. The molecule has 1 saturated carbocycles. The molecule has 0 unspecified atom stereocenters. The Morgan fingerprint density at radius 2 is 2.00 bits per heavy atom. The van der Waals surface area contributed by atoms with Crippen molar-refractivity contribution in [3.05, 3.63) is 22.8 Å². The van der Waals surface area contributed by atoms with E-state index in [1.165, 1.54) is 11.1 Å². The van der Waals surface area contributed by atoms with E-state index in [-0.39, 0.29) is 5.41 Å². The highest BCUT2D eigenvalue weighted by atomic mass is 16.5. The summed E-state index contributed by atoms with van der Waals surface area (Å²) in [5.41, 5.74) is 4.57. The third-order valence-electron chi connectivity index (χ3n) is 3.96. The zero-order chi connectivity index (χ0) is 13.3. The molecule has 0 saturated heterocycles. The van der Waals surface area contributed by atoms with Gasteiger partial charge in [0, 0.05) is 12.2 Å². The second kappa shape index (κ2) is 4.53. The Kier molecular flexibility index (Phi) is 3.21. The molecular formula is C15H20N2O. The van der Waals surface area contributed by atoms with Crippen LogP contribution in [0.25, 0.3) is 0 Å². The molecule has 0 spiro atoms. The highest BCUT2D eigenvalue weighted by molar-refractivity contribution is 5.63. The predicted molar refractivity (Wildman–Crippen MR) is 73.0 cm³/mol. The van der Waals surface area contributed by atoms with Crippen LogP contribution in [0.5, 0.6) is 5.75 Å². The lowest BCUT2D eigenvalue weighted by Gasteiger charge is -2.18. The van der Waals surface area contributed by atoms with Crippen LogP contribution in [0.2, 0.25) is 0 Å². The zero-order valence-electron chi connectivity index (χ0n) is 11.6. The van der Waals surface area contributed by atoms with Gasteiger partial charge in [0.1, 0.15) is 5.75 Å². The first-order valence-corrected chi connectivity index (χ1v) is 6.33. The Bertz CT molecular complexity index is 510. The van der Waals surface area contributed by atoms with Gasteiger partial charge < -0.3 is 10.1 Å². The summed E-state index contributed by atoms with van der Waals surface area (Å²) in [7, 11) is 1.70. The van der Waals surface area contributed by atoms with E-state index in [1.807, 2.05) is 0 Å². The van der Waals surface area contributed by atoms with Crippen LogP contribution in [0.15, 0.2) is 6.07 Å². The summed E-state index contributed by atoms with van der Waals surface area (Å²) in [4.78, 5) is 0. The van der Waals surface area contributed by atoms with Gasteiger partial charge in [-0.2, -0.15) is 5.26 Å². The standard InChI is InChI=1S/C15H20N2O/c1-10-7-13(18-4)11(2)12(3)14(10)17-9-15(8-16)5-6-15/h7,17H,5-6,9H2,1-4H3. The average Bonchev–Trinajstić information content (AvgIpc) is 3.14. The van der Waals surface area contributed by atoms with E-state index in [0.717, 1.165) is 36.4 Å². The first-order valence-electron chi connectivity index (χ1n) is 6.33. The quantitative estimate of drug-likeness (QED) is 0.883. The summed E-state index contributed by atoms with van der Waals surface area (Å²) >= 11 is 0. The van der Waals surface area contributed by atoms with Crippen molar-refractivity contribution in [3.63, 3.8) is 0 Å². The summed E-state index contributed by atoms with van der Waals surface area (Å²) in [5, 5.41) is 12.5. The van der Waals surface area contributed by atoms with Crippen molar-refractivity contribution in [2.75, 3.05) is 19.0 Å². The molecule has 0 amide bonds. The van der Waals surface area contributed by atoms with Crippen LogP contribution in [-0.2, 0) is 0 Å². The monoisotopic (exact) mass is 244 g/mol. The summed E-state index contributed by atoms with van der Waals surface area (Å²) in [5.74, 6) is 0.928. The molecule has 0 bridgehead atoms. The van der Waals surface area contributed by atoms with Crippen molar-refractivity contribution in [2.45, 2.75) is 33.6 Å². The number of anilines is 1. The maximum absolute atomic E-state index is 9.10. The largest absolute Gasteiger partial charge is 0.496 e. The zero-order valence-corrected chi connectivity index (χ0v) is 11.6. The SMILES string of the molecule is COc1cc(C)c(NCC2(C#N)CC2)c(C)c1C. The second-order valence-corrected chi connectivity index (χ2v) is 5.27. The molecule has 1 aromatic rings. The molecule has 1 aliphatic rings. The molecule has 0 heterocycles. The Labute approximate surface area is 109 Å². The van der Waals surface area contributed by atoms with Crippen molar-refractivity contribution in [1.82, 2.24) is 0 Å². The van der Waals surface area contributed by atoms with Crippen LogP contribution in [0.1, 0.15) is 29.5 Å². The highest BCUT2D eigenvalue weighted by Crippen LogP contribution is 2.45. The van der Waals surface area contributed by atoms with Crippen LogP contribution in [0.4, 0.5) is 5.69 Å². The fourth-order valence-corrected chi connectivity index (χ4v) is 2.27. The van der Waals surface area contributed by atoms with Crippen LogP contribution < -0.4 is 10.1 Å². The fourth-order valence-electron chi connectivity index (χ4n) is 2.27. The normalized spacial score (nSPS) is 15.9. The first kappa shape index (κ1) is 12.8. The molecule has 2 rings (SSSR count). The minimum Gasteiger partial charge on any atom is -0.496 e. The van der Waals surface area contributed by atoms with Gasteiger partial charge in [0.15, 0.2) is 0 Å². The summed E-state index contributed by atoms with van der Waals surface area (Å²) in [6.07, 6.45) is 2.04. The number of nitrogens with zero attached hydrogens (tertiary/aromatic N) is 1. The first-order chi connectivity index (χ1) is 8.53. The molecule has 0 radical (unpaired) electrons. The number of hydrogen-bond acceptors (Lipinski definition) is 3. The Morgan fingerprint density at radius 1 is 1.33 bits per heavy atom. The molecule has 1 aliphatic carbocycles. The number of aryl methyl sites for hydroxylation is 1. The van der Waals surface area contributed by atoms with E-state index in [1.54, 1.807) is 7.11 Å². The fraction of sp³-hybridized carbons (Fsp3) is 0.533. The predicted octanol–water partition coefficient (Wildman–Crippen LogP) is 3.34. The van der Waals surface area contributed by atoms with Crippen LogP contribution in [0, 0.1) is 37.5 Å². The average molecular weight is 244 g/mol. The third kappa shape index (κ3) is 2.15. The second-order valence-electron chi connectivity index (χ2n) is 5.27. The van der Waals surface area contributed by atoms with Gasteiger partial charge in [-0.1, -0.05) is 0 Å². The van der Waals surface area contributed by atoms with Gasteiger partial charge in [-0.3, -0.25) is 0 Å². The highest BCUT2D eigenvalue weighted by Gasteiger charge is 2.43. The minimum absolute atomic E-state index is 0.118. The Balaban J connectivity index is 2.23. The van der Waals surface area contributed by atoms with E-state index in [0.29, 0.717) is 0 Å². The van der Waals surface area contributed by atoms with Gasteiger partial charge in [0.05, 0.1) is 18.6 Å². The van der Waals surface area contributed by atoms with Gasteiger partial charge in [-0.25, -0.2) is 0 Å². The lowest BCUT2D eigenvalue weighted by atomic mass is 10.0. The third-order valence-corrected chi connectivity index (χ3v) is 3.96. The van der Waals surface area contributed by atoms with Gasteiger partial charge in [-0.05, 0) is 56.4 Å². The molecule has 96 valence electrons. The lowest BCUT2D eigenvalue weighted by Crippen LogP contribution is -2.15. The molecule has 1 N–H and O–H groups in total. The summed E-state index contributed by atoms with van der Waals surface area (Å²) < 4.78 is 5.36. The topological polar surface area (TPSA) is 45.0 Å². The number of rotatable bonds is 4. The van der Waals surface area contributed by atoms with E-state index >= 15 is 0 Å². The van der Waals surface area contributed by atoms with Crippen LogP contribution >= 0.6 is 0 Å². The molecule has 3 nitrogen and oxygen atoms in total. The number of ether oxygens (including phenoxy) is 1. The molecule has 18 heavy (non-hydrogen) atoms. The molecular weight excluding hydrogens is 224 g/mol. The van der Waals surface area contributed by atoms with Crippen LogP contribution in [-0.4, -0.2) is 13.7 Å². The van der Waals surface area contributed by atoms with E-state index in [9.17, 15) is 0 Å². The molecule has 0 atom stereocenters. The maximum atomic E-state index is 9.10. The maximum Gasteiger partial charge on any atom is 0.122 e. The number of nitrogens with one attached hydrogen (secondary N) is 1. The van der Waals surface area contributed by atoms with Crippen molar-refractivity contribution in [1.29, 1.82) is 5.26 Å². The van der Waals surface area contributed by atoms with Gasteiger partial charge in [-0.15, -0.1) is 0 Å².